The normalized spacial score (nSPS) is 15.1. The van der Waals surface area contributed by atoms with Gasteiger partial charge in [-0.1, -0.05) is 0 Å². The van der Waals surface area contributed by atoms with Gasteiger partial charge in [-0.2, -0.15) is 0 Å². The predicted octanol–water partition coefficient (Wildman–Crippen LogP) is 0.877. The van der Waals surface area contributed by atoms with Crippen molar-refractivity contribution in [1.29, 1.82) is 0 Å². The second kappa shape index (κ2) is 4.54. The molecule has 0 aromatic carbocycles. The van der Waals surface area contributed by atoms with E-state index in [0.29, 0.717) is 22.8 Å². The summed E-state index contributed by atoms with van der Waals surface area (Å²) in [5.41, 5.74) is 1.76. The quantitative estimate of drug-likeness (QED) is 0.767. The molecule has 1 aliphatic rings. The minimum absolute atomic E-state index is 0.0873. The lowest BCUT2D eigenvalue weighted by atomic mass is 10.2. The van der Waals surface area contributed by atoms with Gasteiger partial charge in [0.25, 0.3) is 5.75 Å². The van der Waals surface area contributed by atoms with Crippen LogP contribution in [0.2, 0.25) is 0 Å². The Morgan fingerprint density at radius 1 is 0.955 bits per heavy atom. The van der Waals surface area contributed by atoms with E-state index in [2.05, 4.69) is 18.3 Å². The van der Waals surface area contributed by atoms with Crippen molar-refractivity contribution in [1.82, 2.24) is 14.5 Å². The summed E-state index contributed by atoms with van der Waals surface area (Å²) >= 11 is 0. The molecule has 116 valence electrons. The second-order valence-corrected chi connectivity index (χ2v) is 6.17. The zero-order valence-electron chi connectivity index (χ0n) is 12.4. The zero-order valence-corrected chi connectivity index (χ0v) is 13.2. The first-order valence-corrected chi connectivity index (χ1v) is 7.75. The maximum Gasteiger partial charge on any atom is 0.501 e. The standard InChI is InChI=1S/C13H13N3O5S/c1-6-5-16(12-9(4)14-7(2)8(3)15-12)13(17)11-10(6)20-22(18,19)21-11/h5H,1-4H3. The first kappa shape index (κ1) is 14.5. The number of fused-ring (bicyclic) bond motifs is 1. The van der Waals surface area contributed by atoms with E-state index in [1.54, 1.807) is 20.8 Å². The molecule has 0 N–H and O–H groups in total. The minimum atomic E-state index is -4.22. The Balaban J connectivity index is 2.30. The fraction of sp³-hybridized carbons (Fsp3) is 0.308. The topological polar surface area (TPSA) is 100 Å². The molecule has 2 aromatic rings. The third-order valence-electron chi connectivity index (χ3n) is 3.36. The minimum Gasteiger partial charge on any atom is -0.348 e. The average Bonchev–Trinajstić information content (AvgIpc) is 2.75. The van der Waals surface area contributed by atoms with Crippen molar-refractivity contribution < 1.29 is 16.8 Å². The highest BCUT2D eigenvalue weighted by molar-refractivity contribution is 7.82. The second-order valence-electron chi connectivity index (χ2n) is 5.02. The molecule has 0 unspecified atom stereocenters. The van der Waals surface area contributed by atoms with Crippen molar-refractivity contribution in [3.8, 4) is 17.3 Å². The molecule has 2 aromatic heterocycles. The Labute approximate surface area is 126 Å². The number of hydrogen-bond donors (Lipinski definition) is 0. The van der Waals surface area contributed by atoms with Gasteiger partial charge in [0.2, 0.25) is 0 Å². The summed E-state index contributed by atoms with van der Waals surface area (Å²) in [6, 6.07) is 0. The first-order valence-electron chi connectivity index (χ1n) is 6.42. The third-order valence-corrected chi connectivity index (χ3v) is 4.10. The Hall–Kier alpha value is -2.42. The van der Waals surface area contributed by atoms with Crippen LogP contribution in [0, 0.1) is 27.7 Å². The predicted molar refractivity (Wildman–Crippen MR) is 76.8 cm³/mol. The van der Waals surface area contributed by atoms with E-state index in [1.165, 1.54) is 10.8 Å². The van der Waals surface area contributed by atoms with Crippen molar-refractivity contribution >= 4 is 10.4 Å². The van der Waals surface area contributed by atoms with Crippen molar-refractivity contribution in [2.45, 2.75) is 27.7 Å². The van der Waals surface area contributed by atoms with E-state index in [4.69, 9.17) is 0 Å². The van der Waals surface area contributed by atoms with Crippen LogP contribution in [0.15, 0.2) is 11.0 Å². The molecule has 0 radical (unpaired) electrons. The van der Waals surface area contributed by atoms with Gasteiger partial charge in [-0.15, -0.1) is 8.42 Å². The third kappa shape index (κ3) is 2.13. The molecule has 22 heavy (non-hydrogen) atoms. The van der Waals surface area contributed by atoms with E-state index < -0.39 is 16.0 Å². The van der Waals surface area contributed by atoms with Gasteiger partial charge in [0.15, 0.2) is 11.6 Å². The number of rotatable bonds is 1. The monoisotopic (exact) mass is 323 g/mol. The van der Waals surface area contributed by atoms with Crippen molar-refractivity contribution in [2.75, 3.05) is 0 Å². The Morgan fingerprint density at radius 3 is 2.23 bits per heavy atom. The van der Waals surface area contributed by atoms with E-state index in [-0.39, 0.29) is 11.5 Å². The van der Waals surface area contributed by atoms with E-state index in [1.807, 2.05) is 6.92 Å². The van der Waals surface area contributed by atoms with Gasteiger partial charge in [0.05, 0.1) is 17.1 Å². The SMILES string of the molecule is Cc1cn(-c2nc(C)c(C)nc2C)c(=O)c2c1OS(=O)(=O)O2. The molecule has 0 amide bonds. The maximum absolute atomic E-state index is 12.5. The summed E-state index contributed by atoms with van der Waals surface area (Å²) in [5, 5.41) is 0. The van der Waals surface area contributed by atoms with Crippen molar-refractivity contribution in [3.05, 3.63) is 39.2 Å². The van der Waals surface area contributed by atoms with Crippen LogP contribution >= 0.6 is 0 Å². The zero-order chi connectivity index (χ0) is 16.2. The average molecular weight is 323 g/mol. The van der Waals surface area contributed by atoms with Crippen LogP contribution in [-0.4, -0.2) is 23.0 Å². The molecule has 0 bridgehead atoms. The summed E-state index contributed by atoms with van der Waals surface area (Å²) < 4.78 is 33.3. The molecule has 1 aliphatic heterocycles. The van der Waals surface area contributed by atoms with Crippen LogP contribution in [0.25, 0.3) is 5.82 Å². The largest absolute Gasteiger partial charge is 0.501 e. The van der Waals surface area contributed by atoms with E-state index in [9.17, 15) is 13.2 Å². The molecular formula is C13H13N3O5S. The van der Waals surface area contributed by atoms with Crippen LogP contribution in [0.1, 0.15) is 22.6 Å². The highest BCUT2D eigenvalue weighted by atomic mass is 32.3. The molecule has 0 saturated heterocycles. The molecule has 0 atom stereocenters. The van der Waals surface area contributed by atoms with Gasteiger partial charge in [0.1, 0.15) is 0 Å². The van der Waals surface area contributed by atoms with Gasteiger partial charge in [0, 0.05) is 11.8 Å². The molecule has 0 fully saturated rings. The van der Waals surface area contributed by atoms with Crippen LogP contribution in [0.3, 0.4) is 0 Å². The fourth-order valence-electron chi connectivity index (χ4n) is 2.18. The molecule has 0 aliphatic carbocycles. The van der Waals surface area contributed by atoms with Crippen molar-refractivity contribution in [3.63, 3.8) is 0 Å². The van der Waals surface area contributed by atoms with Crippen LogP contribution in [0.4, 0.5) is 0 Å². The molecule has 9 heteroatoms. The van der Waals surface area contributed by atoms with Gasteiger partial charge >= 0.3 is 16.0 Å². The number of nitrogens with zero attached hydrogens (tertiary/aromatic N) is 3. The molecular weight excluding hydrogens is 310 g/mol. The summed E-state index contributed by atoms with van der Waals surface area (Å²) in [6.45, 7) is 6.93. The number of pyridine rings is 1. The molecule has 3 heterocycles. The van der Waals surface area contributed by atoms with Gasteiger partial charge in [-0.05, 0) is 27.7 Å². The highest BCUT2D eigenvalue weighted by Crippen LogP contribution is 2.35. The lowest BCUT2D eigenvalue weighted by molar-refractivity contribution is 0.435. The lowest BCUT2D eigenvalue weighted by Gasteiger charge is -2.11. The molecule has 3 rings (SSSR count). The number of aryl methyl sites for hydroxylation is 4. The molecule has 0 saturated carbocycles. The lowest BCUT2D eigenvalue weighted by Crippen LogP contribution is -2.22. The Kier molecular flexibility index (Phi) is 2.99. The molecule has 0 spiro atoms. The smallest absolute Gasteiger partial charge is 0.348 e. The number of hydrogen-bond acceptors (Lipinski definition) is 7. The Morgan fingerprint density at radius 2 is 1.55 bits per heavy atom. The number of aromatic nitrogens is 3. The van der Waals surface area contributed by atoms with Crippen molar-refractivity contribution in [2.24, 2.45) is 0 Å². The summed E-state index contributed by atoms with van der Waals surface area (Å²) in [7, 11) is -4.22. The van der Waals surface area contributed by atoms with Gasteiger partial charge in [-0.25, -0.2) is 4.98 Å². The van der Waals surface area contributed by atoms with Crippen LogP contribution in [0.5, 0.6) is 11.5 Å². The fourth-order valence-corrected chi connectivity index (χ4v) is 2.98. The maximum atomic E-state index is 12.5. The van der Waals surface area contributed by atoms with Gasteiger partial charge < -0.3 is 8.37 Å². The summed E-state index contributed by atoms with van der Waals surface area (Å²) in [6.07, 6.45) is 1.46. The van der Waals surface area contributed by atoms with E-state index in [0.717, 1.165) is 5.69 Å². The summed E-state index contributed by atoms with van der Waals surface area (Å²) in [4.78, 5) is 21.2. The van der Waals surface area contributed by atoms with Gasteiger partial charge in [-0.3, -0.25) is 14.3 Å². The Bertz CT molecular complexity index is 963. The first-order chi connectivity index (χ1) is 10.2. The van der Waals surface area contributed by atoms with Crippen LogP contribution in [-0.2, 0) is 10.4 Å². The molecule has 8 nitrogen and oxygen atoms in total. The summed E-state index contributed by atoms with van der Waals surface area (Å²) in [5.74, 6) is -0.123. The highest BCUT2D eigenvalue weighted by Gasteiger charge is 2.34. The van der Waals surface area contributed by atoms with Crippen LogP contribution < -0.4 is 13.9 Å². The van der Waals surface area contributed by atoms with E-state index >= 15 is 0 Å².